The molecular formula is C11H11ClN2S2. The highest BCUT2D eigenvalue weighted by Gasteiger charge is 2.04. The Labute approximate surface area is 108 Å². The highest BCUT2D eigenvalue weighted by Crippen LogP contribution is 2.29. The minimum absolute atomic E-state index is 0.722. The summed E-state index contributed by atoms with van der Waals surface area (Å²) in [6.07, 6.45) is 0. The van der Waals surface area contributed by atoms with E-state index in [0.29, 0.717) is 0 Å². The number of rotatable bonds is 3. The zero-order valence-electron chi connectivity index (χ0n) is 8.74. The highest BCUT2D eigenvalue weighted by atomic mass is 35.5. The van der Waals surface area contributed by atoms with Gasteiger partial charge in [-0.2, -0.15) is 0 Å². The normalized spacial score (nSPS) is 10.6. The predicted molar refractivity (Wildman–Crippen MR) is 72.3 cm³/mol. The number of halogens is 1. The first-order valence-corrected chi connectivity index (χ1v) is 6.98. The molecule has 2 nitrogen and oxygen atoms in total. The standard InChI is InChI=1S/C11H11ClN2S2/c1-7-5-15-11(14-7)16-6-8-4-9(12)2-3-10(8)13/h2-5H,6,13H2,1H3. The smallest absolute Gasteiger partial charge is 0.150 e. The number of nitrogens with two attached hydrogens (primary N) is 1. The molecule has 0 bridgehead atoms. The Morgan fingerprint density at radius 1 is 1.50 bits per heavy atom. The molecule has 0 aliphatic rings. The van der Waals surface area contributed by atoms with Crippen molar-refractivity contribution in [3.05, 3.63) is 39.9 Å². The van der Waals surface area contributed by atoms with E-state index in [-0.39, 0.29) is 0 Å². The summed E-state index contributed by atoms with van der Waals surface area (Å²) >= 11 is 9.27. The Bertz CT molecular complexity index is 496. The van der Waals surface area contributed by atoms with E-state index in [2.05, 4.69) is 4.98 Å². The van der Waals surface area contributed by atoms with Crippen molar-refractivity contribution in [1.29, 1.82) is 0 Å². The van der Waals surface area contributed by atoms with Gasteiger partial charge in [0.15, 0.2) is 0 Å². The summed E-state index contributed by atoms with van der Waals surface area (Å²) in [5.41, 5.74) is 8.77. The molecule has 5 heteroatoms. The quantitative estimate of drug-likeness (QED) is 0.677. The maximum Gasteiger partial charge on any atom is 0.150 e. The number of aromatic nitrogens is 1. The van der Waals surface area contributed by atoms with Gasteiger partial charge >= 0.3 is 0 Å². The minimum Gasteiger partial charge on any atom is -0.398 e. The fraction of sp³-hybridized carbons (Fsp3) is 0.182. The number of aryl methyl sites for hydroxylation is 1. The fourth-order valence-corrected chi connectivity index (χ4v) is 3.28. The fourth-order valence-electron chi connectivity index (χ4n) is 1.24. The number of benzene rings is 1. The van der Waals surface area contributed by atoms with Crippen LogP contribution in [0.4, 0.5) is 5.69 Å². The molecule has 0 saturated carbocycles. The van der Waals surface area contributed by atoms with Gasteiger partial charge in [0, 0.05) is 27.5 Å². The summed E-state index contributed by atoms with van der Waals surface area (Å²) in [6, 6.07) is 5.55. The summed E-state index contributed by atoms with van der Waals surface area (Å²) in [4.78, 5) is 4.39. The van der Waals surface area contributed by atoms with Gasteiger partial charge in [0.25, 0.3) is 0 Å². The van der Waals surface area contributed by atoms with Crippen molar-refractivity contribution in [2.75, 3.05) is 5.73 Å². The Balaban J connectivity index is 2.07. The summed E-state index contributed by atoms with van der Waals surface area (Å²) in [6.45, 7) is 1.99. The van der Waals surface area contributed by atoms with Gasteiger partial charge in [0.1, 0.15) is 4.34 Å². The van der Waals surface area contributed by atoms with E-state index < -0.39 is 0 Å². The van der Waals surface area contributed by atoms with Crippen molar-refractivity contribution < 1.29 is 0 Å². The molecule has 84 valence electrons. The maximum atomic E-state index is 5.92. The number of nitrogens with zero attached hydrogens (tertiary/aromatic N) is 1. The van der Waals surface area contributed by atoms with E-state index in [1.165, 1.54) is 0 Å². The molecule has 0 fully saturated rings. The summed E-state index contributed by atoms with van der Waals surface area (Å²) in [7, 11) is 0. The van der Waals surface area contributed by atoms with Gasteiger partial charge in [-0.05, 0) is 30.7 Å². The van der Waals surface area contributed by atoms with Crippen LogP contribution in [-0.2, 0) is 5.75 Å². The molecular weight excluding hydrogens is 260 g/mol. The van der Waals surface area contributed by atoms with Crippen LogP contribution in [0.3, 0.4) is 0 Å². The number of thiazole rings is 1. The SMILES string of the molecule is Cc1csc(SCc2cc(Cl)ccc2N)n1. The van der Waals surface area contributed by atoms with Gasteiger partial charge in [-0.25, -0.2) is 4.98 Å². The summed E-state index contributed by atoms with van der Waals surface area (Å²) < 4.78 is 1.07. The zero-order chi connectivity index (χ0) is 11.5. The molecule has 0 aliphatic carbocycles. The van der Waals surface area contributed by atoms with Crippen LogP contribution in [0.25, 0.3) is 0 Å². The van der Waals surface area contributed by atoms with Crippen molar-refractivity contribution in [3.63, 3.8) is 0 Å². The van der Waals surface area contributed by atoms with Crippen molar-refractivity contribution >= 4 is 40.4 Å². The predicted octanol–water partition coefficient (Wildman–Crippen LogP) is 3.98. The van der Waals surface area contributed by atoms with Crippen LogP contribution in [-0.4, -0.2) is 4.98 Å². The number of anilines is 1. The van der Waals surface area contributed by atoms with Gasteiger partial charge in [-0.3, -0.25) is 0 Å². The largest absolute Gasteiger partial charge is 0.398 e. The summed E-state index contributed by atoms with van der Waals surface area (Å²) in [5.74, 6) is 0.805. The molecule has 0 radical (unpaired) electrons. The van der Waals surface area contributed by atoms with Gasteiger partial charge in [-0.15, -0.1) is 11.3 Å². The maximum absolute atomic E-state index is 5.92. The number of hydrogen-bond donors (Lipinski definition) is 1. The van der Waals surface area contributed by atoms with Crippen LogP contribution < -0.4 is 5.73 Å². The average Bonchev–Trinajstić information content (AvgIpc) is 2.66. The molecule has 0 saturated heterocycles. The van der Waals surface area contributed by atoms with E-state index in [1.54, 1.807) is 29.2 Å². The van der Waals surface area contributed by atoms with E-state index in [0.717, 1.165) is 32.1 Å². The lowest BCUT2D eigenvalue weighted by molar-refractivity contribution is 1.16. The Kier molecular flexibility index (Phi) is 3.74. The first kappa shape index (κ1) is 11.8. The van der Waals surface area contributed by atoms with E-state index in [1.807, 2.05) is 24.4 Å². The molecule has 2 aromatic rings. The Hall–Kier alpha value is -0.710. The monoisotopic (exact) mass is 270 g/mol. The molecule has 1 aromatic carbocycles. The third-order valence-corrected chi connectivity index (χ3v) is 4.48. The molecule has 16 heavy (non-hydrogen) atoms. The third kappa shape index (κ3) is 2.90. The zero-order valence-corrected chi connectivity index (χ0v) is 11.1. The lowest BCUT2D eigenvalue weighted by atomic mass is 10.2. The molecule has 2 N–H and O–H groups in total. The Morgan fingerprint density at radius 2 is 2.31 bits per heavy atom. The lowest BCUT2D eigenvalue weighted by Crippen LogP contribution is -1.92. The second-order valence-electron chi connectivity index (χ2n) is 3.39. The second kappa shape index (κ2) is 5.08. The molecule has 1 heterocycles. The lowest BCUT2D eigenvalue weighted by Gasteiger charge is -2.04. The molecule has 2 rings (SSSR count). The first-order valence-electron chi connectivity index (χ1n) is 4.74. The van der Waals surface area contributed by atoms with Crippen LogP contribution in [0.15, 0.2) is 27.9 Å². The second-order valence-corrected chi connectivity index (χ2v) is 5.90. The number of thioether (sulfide) groups is 1. The number of nitrogen functional groups attached to an aromatic ring is 1. The van der Waals surface area contributed by atoms with Crippen LogP contribution in [0.5, 0.6) is 0 Å². The van der Waals surface area contributed by atoms with E-state index >= 15 is 0 Å². The summed E-state index contributed by atoms with van der Waals surface area (Å²) in [5, 5.41) is 2.77. The Morgan fingerprint density at radius 3 is 3.00 bits per heavy atom. The van der Waals surface area contributed by atoms with Crippen LogP contribution in [0, 0.1) is 6.92 Å². The minimum atomic E-state index is 0.722. The average molecular weight is 271 g/mol. The molecule has 0 aliphatic heterocycles. The van der Waals surface area contributed by atoms with Gasteiger partial charge in [0.2, 0.25) is 0 Å². The molecule has 0 spiro atoms. The number of hydrogen-bond acceptors (Lipinski definition) is 4. The highest BCUT2D eigenvalue weighted by molar-refractivity contribution is 8.00. The van der Waals surface area contributed by atoms with Crippen molar-refractivity contribution in [2.45, 2.75) is 17.0 Å². The molecule has 0 amide bonds. The van der Waals surface area contributed by atoms with E-state index in [9.17, 15) is 0 Å². The van der Waals surface area contributed by atoms with Crippen LogP contribution >= 0.6 is 34.7 Å². The van der Waals surface area contributed by atoms with Crippen molar-refractivity contribution in [1.82, 2.24) is 4.98 Å². The van der Waals surface area contributed by atoms with Crippen LogP contribution in [0.1, 0.15) is 11.3 Å². The van der Waals surface area contributed by atoms with Crippen molar-refractivity contribution in [2.24, 2.45) is 0 Å². The van der Waals surface area contributed by atoms with Crippen molar-refractivity contribution in [3.8, 4) is 0 Å². The van der Waals surface area contributed by atoms with E-state index in [4.69, 9.17) is 17.3 Å². The van der Waals surface area contributed by atoms with Crippen LogP contribution in [0.2, 0.25) is 5.02 Å². The molecule has 0 unspecified atom stereocenters. The van der Waals surface area contributed by atoms with Gasteiger partial charge in [-0.1, -0.05) is 23.4 Å². The third-order valence-electron chi connectivity index (χ3n) is 2.05. The first-order chi connectivity index (χ1) is 7.65. The van der Waals surface area contributed by atoms with Gasteiger partial charge in [0.05, 0.1) is 0 Å². The topological polar surface area (TPSA) is 38.9 Å². The molecule has 0 atom stereocenters. The molecule has 1 aromatic heterocycles. The van der Waals surface area contributed by atoms with Gasteiger partial charge < -0.3 is 5.73 Å².